The quantitative estimate of drug-likeness (QED) is 0.490. The van der Waals surface area contributed by atoms with Gasteiger partial charge in [-0.15, -0.1) is 0 Å². The van der Waals surface area contributed by atoms with Gasteiger partial charge in [0.05, 0.1) is 11.4 Å². The number of Topliss-reactive ketones (excluding diaryl/α,β-unsaturated/α-hetero) is 1. The van der Waals surface area contributed by atoms with Crippen molar-refractivity contribution in [2.24, 2.45) is 0 Å². The first-order valence-corrected chi connectivity index (χ1v) is 11.5. The zero-order chi connectivity index (χ0) is 20.6. The Morgan fingerprint density at radius 3 is 2.34 bits per heavy atom. The van der Waals surface area contributed by atoms with Gasteiger partial charge < -0.3 is 4.90 Å². The number of unbranched alkanes of at least 4 members (excludes halogenated alkanes) is 1. The Balaban J connectivity index is 1.87. The van der Waals surface area contributed by atoms with Crippen LogP contribution < -0.4 is 0 Å². The summed E-state index contributed by atoms with van der Waals surface area (Å²) in [5.74, 6) is 0.499. The summed E-state index contributed by atoms with van der Waals surface area (Å²) in [4.78, 5) is 27.4. The lowest BCUT2D eigenvalue weighted by Crippen LogP contribution is -2.46. The average molecular weight is 456 g/mol. The maximum absolute atomic E-state index is 13.3. The van der Waals surface area contributed by atoms with E-state index in [0.29, 0.717) is 6.42 Å². The second kappa shape index (κ2) is 10.7. The first-order chi connectivity index (χ1) is 14.1. The molecular weight excluding hydrogens is 426 g/mol. The molecule has 0 aromatic heterocycles. The van der Waals surface area contributed by atoms with Crippen LogP contribution in [-0.4, -0.2) is 34.0 Å². The Labute approximate surface area is 182 Å². The first kappa shape index (κ1) is 21.8. The summed E-state index contributed by atoms with van der Waals surface area (Å²) in [7, 11) is 0. The van der Waals surface area contributed by atoms with Gasteiger partial charge >= 0.3 is 0 Å². The lowest BCUT2D eigenvalue weighted by atomic mass is 9.87. The monoisotopic (exact) mass is 455 g/mol. The van der Waals surface area contributed by atoms with Gasteiger partial charge in [-0.25, -0.2) is 0 Å². The summed E-state index contributed by atoms with van der Waals surface area (Å²) in [5, 5.41) is 0. The van der Waals surface area contributed by atoms with E-state index in [9.17, 15) is 9.59 Å². The van der Waals surface area contributed by atoms with E-state index < -0.39 is 0 Å². The van der Waals surface area contributed by atoms with Gasteiger partial charge in [0.25, 0.3) is 0 Å². The van der Waals surface area contributed by atoms with E-state index >= 15 is 0 Å². The number of ketones is 1. The summed E-state index contributed by atoms with van der Waals surface area (Å²) >= 11 is 3.63. The molecular formula is C25H30BrNO2. The first-order valence-electron chi connectivity index (χ1n) is 10.6. The van der Waals surface area contributed by atoms with E-state index in [0.717, 1.165) is 32.1 Å². The molecule has 0 radical (unpaired) electrons. The molecule has 3 atom stereocenters. The van der Waals surface area contributed by atoms with E-state index in [4.69, 9.17) is 0 Å². The van der Waals surface area contributed by atoms with Crippen molar-refractivity contribution in [3.05, 3.63) is 71.8 Å². The largest absolute Gasteiger partial charge is 0.331 e. The Bertz CT molecular complexity index is 793. The molecule has 3 unspecified atom stereocenters. The van der Waals surface area contributed by atoms with Crippen LogP contribution in [0.1, 0.15) is 56.1 Å². The highest BCUT2D eigenvalue weighted by molar-refractivity contribution is 9.10. The number of rotatable bonds is 8. The number of alkyl halides is 1. The summed E-state index contributed by atoms with van der Waals surface area (Å²) in [5.41, 5.74) is 2.47. The molecule has 1 saturated heterocycles. The van der Waals surface area contributed by atoms with Crippen molar-refractivity contribution in [3.8, 4) is 0 Å². The van der Waals surface area contributed by atoms with Crippen molar-refractivity contribution in [2.45, 2.75) is 62.2 Å². The van der Waals surface area contributed by atoms with Crippen LogP contribution in [0.5, 0.6) is 0 Å². The maximum atomic E-state index is 13.3. The van der Waals surface area contributed by atoms with Gasteiger partial charge in [0.2, 0.25) is 5.91 Å². The Kier molecular flexibility index (Phi) is 8.05. The van der Waals surface area contributed by atoms with Crippen molar-refractivity contribution in [2.75, 3.05) is 6.54 Å². The zero-order valence-electron chi connectivity index (χ0n) is 17.1. The number of halogens is 1. The molecule has 1 aliphatic heterocycles. The van der Waals surface area contributed by atoms with Crippen molar-refractivity contribution < 1.29 is 9.59 Å². The Hall–Kier alpha value is -1.94. The van der Waals surface area contributed by atoms with E-state index in [2.05, 4.69) is 59.3 Å². The highest BCUT2D eigenvalue weighted by atomic mass is 79.9. The third kappa shape index (κ3) is 6.02. The predicted octanol–water partition coefficient (Wildman–Crippen LogP) is 5.53. The van der Waals surface area contributed by atoms with Gasteiger partial charge in [-0.3, -0.25) is 9.59 Å². The van der Waals surface area contributed by atoms with Gasteiger partial charge in [0, 0.05) is 12.5 Å². The summed E-state index contributed by atoms with van der Waals surface area (Å²) in [6.45, 7) is 2.31. The minimum Gasteiger partial charge on any atom is -0.331 e. The number of benzene rings is 2. The molecule has 0 N–H and O–H groups in total. The van der Waals surface area contributed by atoms with Crippen LogP contribution in [0.4, 0.5) is 0 Å². The predicted molar refractivity (Wildman–Crippen MR) is 121 cm³/mol. The molecule has 1 fully saturated rings. The third-order valence-electron chi connectivity index (χ3n) is 5.78. The van der Waals surface area contributed by atoms with Gasteiger partial charge in [-0.1, -0.05) is 89.9 Å². The molecule has 0 spiro atoms. The summed E-state index contributed by atoms with van der Waals surface area (Å²) in [6, 6.07) is 20.7. The maximum Gasteiger partial charge on any atom is 0.237 e. The number of hydrogen-bond donors (Lipinski definition) is 0. The number of likely N-dealkylation sites (tertiary alicyclic amines) is 1. The molecule has 0 aliphatic carbocycles. The third-order valence-corrected chi connectivity index (χ3v) is 6.55. The van der Waals surface area contributed by atoms with Crippen molar-refractivity contribution in [1.82, 2.24) is 4.90 Å². The summed E-state index contributed by atoms with van der Waals surface area (Å²) < 4.78 is 0. The van der Waals surface area contributed by atoms with Crippen LogP contribution in [0.25, 0.3) is 0 Å². The average Bonchev–Trinajstić information content (AvgIpc) is 2.86. The molecule has 1 amide bonds. The van der Waals surface area contributed by atoms with Crippen LogP contribution in [-0.2, 0) is 16.0 Å². The van der Waals surface area contributed by atoms with Crippen LogP contribution in [0.2, 0.25) is 0 Å². The SMILES string of the molecule is CCCCC(=O)CN1C(=O)C(Br)CC(c2ccccc2)CC1Cc1ccccc1. The van der Waals surface area contributed by atoms with Crippen LogP contribution in [0.15, 0.2) is 60.7 Å². The van der Waals surface area contributed by atoms with E-state index in [-0.39, 0.29) is 35.0 Å². The molecule has 0 bridgehead atoms. The Morgan fingerprint density at radius 1 is 1.03 bits per heavy atom. The molecule has 1 heterocycles. The number of carbonyl (C=O) groups excluding carboxylic acids is 2. The lowest BCUT2D eigenvalue weighted by molar-refractivity contribution is -0.136. The zero-order valence-corrected chi connectivity index (χ0v) is 18.7. The number of nitrogens with zero attached hydrogens (tertiary/aromatic N) is 1. The van der Waals surface area contributed by atoms with Crippen LogP contribution in [0, 0.1) is 0 Å². The normalized spacial score (nSPS) is 22.3. The second-order valence-corrected chi connectivity index (χ2v) is 9.10. The molecule has 1 aliphatic rings. The van der Waals surface area contributed by atoms with Gasteiger partial charge in [-0.05, 0) is 42.7 Å². The Morgan fingerprint density at radius 2 is 1.69 bits per heavy atom. The fourth-order valence-electron chi connectivity index (χ4n) is 4.19. The highest BCUT2D eigenvalue weighted by Crippen LogP contribution is 2.35. The topological polar surface area (TPSA) is 37.4 Å². The lowest BCUT2D eigenvalue weighted by Gasteiger charge is -2.31. The molecule has 0 saturated carbocycles. The van der Waals surface area contributed by atoms with E-state index in [1.54, 1.807) is 0 Å². The van der Waals surface area contributed by atoms with Gasteiger partial charge in [-0.2, -0.15) is 0 Å². The molecule has 2 aromatic rings. The highest BCUT2D eigenvalue weighted by Gasteiger charge is 2.37. The molecule has 4 heteroatoms. The fraction of sp³-hybridized carbons (Fsp3) is 0.440. The second-order valence-electron chi connectivity index (χ2n) is 8.00. The number of amides is 1. The van der Waals surface area contributed by atoms with E-state index in [1.807, 2.05) is 29.2 Å². The minimum absolute atomic E-state index is 0.0169. The summed E-state index contributed by atoms with van der Waals surface area (Å²) in [6.07, 6.45) is 4.82. The van der Waals surface area contributed by atoms with Crippen LogP contribution in [0.3, 0.4) is 0 Å². The van der Waals surface area contributed by atoms with Crippen molar-refractivity contribution in [3.63, 3.8) is 0 Å². The fourth-order valence-corrected chi connectivity index (χ4v) is 4.90. The van der Waals surface area contributed by atoms with Crippen LogP contribution >= 0.6 is 15.9 Å². The molecule has 3 rings (SSSR count). The van der Waals surface area contributed by atoms with E-state index in [1.165, 1.54) is 11.1 Å². The standard InChI is InChI=1S/C25H30BrNO2/c1-2-3-14-23(28)18-27-22(15-19-10-6-4-7-11-19)16-21(17-24(26)25(27)29)20-12-8-5-9-13-20/h4-13,21-22,24H,2-3,14-18H2,1H3. The number of hydrogen-bond acceptors (Lipinski definition) is 2. The number of carbonyl (C=O) groups is 2. The molecule has 154 valence electrons. The van der Waals surface area contributed by atoms with Gasteiger partial charge in [0.1, 0.15) is 0 Å². The smallest absolute Gasteiger partial charge is 0.237 e. The minimum atomic E-state index is -0.257. The molecule has 3 nitrogen and oxygen atoms in total. The van der Waals surface area contributed by atoms with Gasteiger partial charge in [0.15, 0.2) is 5.78 Å². The van der Waals surface area contributed by atoms with Crippen molar-refractivity contribution >= 4 is 27.6 Å². The molecule has 29 heavy (non-hydrogen) atoms. The van der Waals surface area contributed by atoms with Crippen molar-refractivity contribution in [1.29, 1.82) is 0 Å². The molecule has 2 aromatic carbocycles.